The maximum atomic E-state index is 11.6. The topological polar surface area (TPSA) is 86.7 Å². The first-order chi connectivity index (χ1) is 9.08. The molecule has 0 bridgehead atoms. The molecule has 100 valence electrons. The van der Waals surface area contributed by atoms with Crippen molar-refractivity contribution in [3.8, 4) is 0 Å². The summed E-state index contributed by atoms with van der Waals surface area (Å²) >= 11 is 0. The van der Waals surface area contributed by atoms with E-state index in [0.717, 1.165) is 5.56 Å². The molecule has 1 aromatic carbocycles. The summed E-state index contributed by atoms with van der Waals surface area (Å²) in [5.74, 6) is -1.64. The van der Waals surface area contributed by atoms with Crippen molar-refractivity contribution in [3.05, 3.63) is 35.9 Å². The fourth-order valence-corrected chi connectivity index (χ4v) is 2.06. The number of carbonyl (C=O) groups excluding carboxylic acids is 2. The fraction of sp³-hybridized carbons (Fsp3) is 0.308. The van der Waals surface area contributed by atoms with E-state index in [1.54, 1.807) is 0 Å². The van der Waals surface area contributed by atoms with Gasteiger partial charge in [-0.3, -0.25) is 14.9 Å². The zero-order valence-corrected chi connectivity index (χ0v) is 10.2. The van der Waals surface area contributed by atoms with Crippen molar-refractivity contribution in [2.75, 3.05) is 6.54 Å². The Bertz CT molecular complexity index is 501. The number of carbonyl (C=O) groups is 3. The first-order valence-electron chi connectivity index (χ1n) is 5.95. The summed E-state index contributed by atoms with van der Waals surface area (Å²) < 4.78 is 0. The molecular formula is C13H14N2O4. The van der Waals surface area contributed by atoms with Crippen molar-refractivity contribution in [1.82, 2.24) is 10.2 Å². The van der Waals surface area contributed by atoms with Gasteiger partial charge in [0.1, 0.15) is 6.04 Å². The molecule has 1 saturated heterocycles. The van der Waals surface area contributed by atoms with Gasteiger partial charge in [-0.2, -0.15) is 0 Å². The van der Waals surface area contributed by atoms with Crippen molar-refractivity contribution in [2.45, 2.75) is 18.9 Å². The predicted molar refractivity (Wildman–Crippen MR) is 66.4 cm³/mol. The van der Waals surface area contributed by atoms with E-state index in [1.807, 2.05) is 30.3 Å². The minimum atomic E-state index is -1.10. The number of hydrogen-bond donors (Lipinski definition) is 2. The normalized spacial score (nSPS) is 18.5. The second-order valence-electron chi connectivity index (χ2n) is 4.34. The minimum Gasteiger partial charge on any atom is -0.481 e. The summed E-state index contributed by atoms with van der Waals surface area (Å²) in [4.78, 5) is 35.1. The largest absolute Gasteiger partial charge is 0.481 e. The highest BCUT2D eigenvalue weighted by Gasteiger charge is 2.39. The van der Waals surface area contributed by atoms with Gasteiger partial charge >= 0.3 is 12.0 Å². The van der Waals surface area contributed by atoms with Crippen LogP contribution in [0.2, 0.25) is 0 Å². The number of amides is 3. The summed E-state index contributed by atoms with van der Waals surface area (Å²) in [7, 11) is 0. The SMILES string of the molecule is O=C(O)C[C@H]1C(=O)NC(=O)N1CCc1ccccc1. The molecule has 2 rings (SSSR count). The lowest BCUT2D eigenvalue weighted by molar-refractivity contribution is -0.140. The smallest absolute Gasteiger partial charge is 0.324 e. The number of imide groups is 1. The first kappa shape index (κ1) is 13.1. The molecule has 0 unspecified atom stereocenters. The highest BCUT2D eigenvalue weighted by molar-refractivity contribution is 6.05. The summed E-state index contributed by atoms with van der Waals surface area (Å²) in [5.41, 5.74) is 1.03. The molecule has 2 N–H and O–H groups in total. The van der Waals surface area contributed by atoms with Gasteiger partial charge in [-0.1, -0.05) is 30.3 Å². The summed E-state index contributed by atoms with van der Waals surface area (Å²) in [6.07, 6.45) is 0.212. The minimum absolute atomic E-state index is 0.319. The molecule has 1 aromatic rings. The number of carboxylic acids is 1. The van der Waals surface area contributed by atoms with Gasteiger partial charge in [0.15, 0.2) is 0 Å². The van der Waals surface area contributed by atoms with E-state index < -0.39 is 23.9 Å². The van der Waals surface area contributed by atoms with Crippen LogP contribution in [0.5, 0.6) is 0 Å². The Balaban J connectivity index is 2.02. The van der Waals surface area contributed by atoms with E-state index >= 15 is 0 Å². The van der Waals surface area contributed by atoms with E-state index in [1.165, 1.54) is 4.90 Å². The van der Waals surface area contributed by atoms with Crippen LogP contribution in [0, 0.1) is 0 Å². The molecule has 1 atom stereocenters. The Hall–Kier alpha value is -2.37. The van der Waals surface area contributed by atoms with Gasteiger partial charge in [-0.15, -0.1) is 0 Å². The number of rotatable bonds is 5. The van der Waals surface area contributed by atoms with Crippen LogP contribution in [0.4, 0.5) is 4.79 Å². The van der Waals surface area contributed by atoms with Crippen LogP contribution >= 0.6 is 0 Å². The molecule has 6 heteroatoms. The number of benzene rings is 1. The Morgan fingerprint density at radius 1 is 1.26 bits per heavy atom. The molecule has 3 amide bonds. The van der Waals surface area contributed by atoms with Crippen LogP contribution in [0.15, 0.2) is 30.3 Å². The second-order valence-corrected chi connectivity index (χ2v) is 4.34. The second kappa shape index (κ2) is 5.51. The molecule has 0 saturated carbocycles. The third kappa shape index (κ3) is 3.09. The molecule has 0 aromatic heterocycles. The molecule has 1 fully saturated rings. The van der Waals surface area contributed by atoms with Crippen LogP contribution < -0.4 is 5.32 Å². The molecule has 1 aliphatic heterocycles. The Morgan fingerprint density at radius 2 is 1.95 bits per heavy atom. The van der Waals surface area contributed by atoms with Gasteiger partial charge in [-0.05, 0) is 12.0 Å². The van der Waals surface area contributed by atoms with E-state index in [0.29, 0.717) is 13.0 Å². The van der Waals surface area contributed by atoms with Crippen LogP contribution in [0.3, 0.4) is 0 Å². The van der Waals surface area contributed by atoms with Crippen molar-refractivity contribution in [2.24, 2.45) is 0 Å². The first-order valence-corrected chi connectivity index (χ1v) is 5.95. The van der Waals surface area contributed by atoms with Crippen molar-refractivity contribution in [1.29, 1.82) is 0 Å². The molecule has 0 radical (unpaired) electrons. The lowest BCUT2D eigenvalue weighted by Gasteiger charge is -2.20. The number of nitrogens with zero attached hydrogens (tertiary/aromatic N) is 1. The maximum Gasteiger partial charge on any atom is 0.324 e. The van der Waals surface area contributed by atoms with Gasteiger partial charge in [0, 0.05) is 6.54 Å². The lowest BCUT2D eigenvalue weighted by atomic mass is 10.1. The molecule has 0 aliphatic carbocycles. The fourth-order valence-electron chi connectivity index (χ4n) is 2.06. The van der Waals surface area contributed by atoms with Gasteiger partial charge in [0.2, 0.25) is 0 Å². The number of carboxylic acid groups (broad SMARTS) is 1. The molecule has 1 aliphatic rings. The van der Waals surface area contributed by atoms with E-state index in [9.17, 15) is 14.4 Å². The van der Waals surface area contributed by atoms with Crippen LogP contribution in [0.25, 0.3) is 0 Å². The van der Waals surface area contributed by atoms with Crippen LogP contribution in [-0.2, 0) is 16.0 Å². The monoisotopic (exact) mass is 262 g/mol. The molecular weight excluding hydrogens is 248 g/mol. The zero-order valence-electron chi connectivity index (χ0n) is 10.2. The van der Waals surface area contributed by atoms with Crippen molar-refractivity contribution >= 4 is 17.9 Å². The average molecular weight is 262 g/mol. The van der Waals surface area contributed by atoms with Gasteiger partial charge in [0.05, 0.1) is 6.42 Å². The lowest BCUT2D eigenvalue weighted by Crippen LogP contribution is -2.38. The highest BCUT2D eigenvalue weighted by Crippen LogP contribution is 2.13. The Morgan fingerprint density at radius 3 is 2.58 bits per heavy atom. The average Bonchev–Trinajstić information content (AvgIpc) is 2.63. The maximum absolute atomic E-state index is 11.6. The number of aliphatic carboxylic acids is 1. The summed E-state index contributed by atoms with van der Waals surface area (Å²) in [5, 5.41) is 10.9. The van der Waals surface area contributed by atoms with Crippen molar-refractivity contribution in [3.63, 3.8) is 0 Å². The Kier molecular flexibility index (Phi) is 3.79. The van der Waals surface area contributed by atoms with Crippen molar-refractivity contribution < 1.29 is 19.5 Å². The molecule has 0 spiro atoms. The summed E-state index contributed by atoms with van der Waals surface area (Å²) in [6.45, 7) is 0.319. The summed E-state index contributed by atoms with van der Waals surface area (Å²) in [6, 6.07) is 8.08. The molecule has 1 heterocycles. The third-order valence-electron chi connectivity index (χ3n) is 3.02. The zero-order chi connectivity index (χ0) is 13.8. The number of urea groups is 1. The quantitative estimate of drug-likeness (QED) is 0.762. The van der Waals surface area contributed by atoms with Crippen LogP contribution in [0.1, 0.15) is 12.0 Å². The van der Waals surface area contributed by atoms with E-state index in [4.69, 9.17) is 5.11 Å². The standard InChI is InChI=1S/C13H14N2O4/c16-11(17)8-10-12(18)14-13(19)15(10)7-6-9-4-2-1-3-5-9/h1-5,10H,6-8H2,(H,16,17)(H,14,18,19)/t10-/m0/s1. The van der Waals surface area contributed by atoms with E-state index in [2.05, 4.69) is 5.32 Å². The highest BCUT2D eigenvalue weighted by atomic mass is 16.4. The van der Waals surface area contributed by atoms with Gasteiger partial charge < -0.3 is 10.0 Å². The third-order valence-corrected chi connectivity index (χ3v) is 3.02. The van der Waals surface area contributed by atoms with Crippen LogP contribution in [-0.4, -0.2) is 40.5 Å². The molecule has 6 nitrogen and oxygen atoms in total. The predicted octanol–water partition coefficient (Wildman–Crippen LogP) is 0.624. The van der Waals surface area contributed by atoms with E-state index in [-0.39, 0.29) is 6.42 Å². The number of hydrogen-bond acceptors (Lipinski definition) is 3. The Labute approximate surface area is 110 Å². The van der Waals surface area contributed by atoms with Gasteiger partial charge in [-0.25, -0.2) is 4.79 Å². The van der Waals surface area contributed by atoms with Gasteiger partial charge in [0.25, 0.3) is 5.91 Å². The molecule has 19 heavy (non-hydrogen) atoms. The number of nitrogens with one attached hydrogen (secondary N) is 1.